The molecular weight excluding hydrogens is 363 g/mol. The molecule has 1 aromatic carbocycles. The number of hydrogen-bond donors (Lipinski definition) is 4. The SMILES string of the molecule is N#C/C(=N\Nc1ccc(C(O)(C(F)(F)F)C(F)(F)F)cc1F)C(=N)N. The molecule has 0 aliphatic rings. The second-order valence-corrected chi connectivity index (χ2v) is 4.50. The van der Waals surface area contributed by atoms with Gasteiger partial charge in [0.15, 0.2) is 5.84 Å². The third-order valence-corrected chi connectivity index (χ3v) is 2.86. The van der Waals surface area contributed by atoms with Crippen LogP contribution >= 0.6 is 0 Å². The first-order valence-electron chi connectivity index (χ1n) is 5.99. The number of nitrogens with two attached hydrogens (primary N) is 1. The van der Waals surface area contributed by atoms with Gasteiger partial charge in [0.05, 0.1) is 5.69 Å². The van der Waals surface area contributed by atoms with Crippen LogP contribution in [0.2, 0.25) is 0 Å². The first kappa shape index (κ1) is 20.2. The van der Waals surface area contributed by atoms with Gasteiger partial charge in [-0.1, -0.05) is 6.07 Å². The Morgan fingerprint density at radius 2 is 1.72 bits per heavy atom. The smallest absolute Gasteiger partial charge is 0.382 e. The van der Waals surface area contributed by atoms with Crippen molar-refractivity contribution in [3.05, 3.63) is 29.6 Å². The number of nitriles is 1. The summed E-state index contributed by atoms with van der Waals surface area (Å²) in [5.41, 5.74) is -1.73. The summed E-state index contributed by atoms with van der Waals surface area (Å²) in [7, 11) is 0. The van der Waals surface area contributed by atoms with Crippen LogP contribution in [0.1, 0.15) is 5.56 Å². The van der Waals surface area contributed by atoms with Crippen LogP contribution in [-0.2, 0) is 5.60 Å². The zero-order chi connectivity index (χ0) is 19.6. The van der Waals surface area contributed by atoms with E-state index in [1.807, 2.05) is 5.43 Å². The molecular formula is C12H8F7N5O. The summed E-state index contributed by atoms with van der Waals surface area (Å²) in [4.78, 5) is 0. The van der Waals surface area contributed by atoms with Crippen LogP contribution in [0.4, 0.5) is 36.4 Å². The highest BCUT2D eigenvalue weighted by Crippen LogP contribution is 2.50. The molecule has 0 aliphatic heterocycles. The van der Waals surface area contributed by atoms with Crippen LogP contribution in [0.15, 0.2) is 23.3 Å². The molecule has 1 rings (SSSR count). The number of aliphatic hydroxyl groups is 1. The minimum absolute atomic E-state index is 0.182. The highest BCUT2D eigenvalue weighted by Gasteiger charge is 2.71. The summed E-state index contributed by atoms with van der Waals surface area (Å²) >= 11 is 0. The molecule has 0 heterocycles. The molecule has 0 saturated carbocycles. The standard InChI is InChI=1S/C12H8F7N5O/c13-6-3-5(10(25,11(14,15)16)12(17,18)19)1-2-7(6)23-24-8(4-20)9(21)22/h1-3,23,25H,(H3,21,22)/b24-8+. The van der Waals surface area contributed by atoms with Crippen molar-refractivity contribution >= 4 is 17.2 Å². The number of benzene rings is 1. The van der Waals surface area contributed by atoms with Gasteiger partial charge >= 0.3 is 12.4 Å². The number of hydrazone groups is 1. The first-order chi connectivity index (χ1) is 11.3. The van der Waals surface area contributed by atoms with Crippen LogP contribution in [0.25, 0.3) is 0 Å². The largest absolute Gasteiger partial charge is 0.430 e. The fraction of sp³-hybridized carbons (Fsp3) is 0.250. The number of rotatable bonds is 4. The first-order valence-corrected chi connectivity index (χ1v) is 5.99. The topological polar surface area (TPSA) is 118 Å². The molecule has 13 heteroatoms. The van der Waals surface area contributed by atoms with Gasteiger partial charge in [-0.05, 0) is 12.1 Å². The Labute approximate surface area is 134 Å². The van der Waals surface area contributed by atoms with Crippen molar-refractivity contribution in [3.8, 4) is 6.07 Å². The average Bonchev–Trinajstić information content (AvgIpc) is 2.45. The predicted molar refractivity (Wildman–Crippen MR) is 71.0 cm³/mol. The molecule has 5 N–H and O–H groups in total. The number of anilines is 1. The normalized spacial score (nSPS) is 13.3. The van der Waals surface area contributed by atoms with Gasteiger partial charge in [0, 0.05) is 5.56 Å². The highest BCUT2D eigenvalue weighted by atomic mass is 19.4. The lowest BCUT2D eigenvalue weighted by Gasteiger charge is -2.32. The number of halogens is 7. The fourth-order valence-electron chi connectivity index (χ4n) is 1.58. The summed E-state index contributed by atoms with van der Waals surface area (Å²) < 4.78 is 90.0. The van der Waals surface area contributed by atoms with Crippen molar-refractivity contribution in [2.75, 3.05) is 5.43 Å². The summed E-state index contributed by atoms with van der Waals surface area (Å²) in [5.74, 6) is -2.44. The molecule has 0 unspecified atom stereocenters. The van der Waals surface area contributed by atoms with E-state index < -0.39 is 46.6 Å². The Morgan fingerprint density at radius 1 is 1.20 bits per heavy atom. The molecule has 0 aliphatic carbocycles. The van der Waals surface area contributed by atoms with Gasteiger partial charge in [0.2, 0.25) is 5.71 Å². The maximum absolute atomic E-state index is 13.8. The lowest BCUT2D eigenvalue weighted by atomic mass is 9.92. The molecule has 0 aromatic heterocycles. The van der Waals surface area contributed by atoms with E-state index in [0.29, 0.717) is 6.07 Å². The minimum atomic E-state index is -6.16. The third kappa shape index (κ3) is 3.79. The minimum Gasteiger partial charge on any atom is -0.382 e. The Balaban J connectivity index is 3.34. The quantitative estimate of drug-likeness (QED) is 0.281. The molecule has 0 atom stereocenters. The molecule has 6 nitrogen and oxygen atoms in total. The Kier molecular flexibility index (Phi) is 5.29. The van der Waals surface area contributed by atoms with Crippen molar-refractivity contribution < 1.29 is 35.8 Å². The van der Waals surface area contributed by atoms with Crippen LogP contribution in [0, 0.1) is 22.6 Å². The van der Waals surface area contributed by atoms with Crippen LogP contribution in [0.3, 0.4) is 0 Å². The van der Waals surface area contributed by atoms with E-state index in [-0.39, 0.29) is 12.1 Å². The van der Waals surface area contributed by atoms with Crippen LogP contribution in [0.5, 0.6) is 0 Å². The highest BCUT2D eigenvalue weighted by molar-refractivity contribution is 6.45. The Morgan fingerprint density at radius 3 is 2.08 bits per heavy atom. The monoisotopic (exact) mass is 371 g/mol. The predicted octanol–water partition coefficient (Wildman–Crippen LogP) is 2.37. The Hall–Kier alpha value is -2.88. The van der Waals surface area contributed by atoms with Gasteiger partial charge in [-0.2, -0.15) is 36.7 Å². The van der Waals surface area contributed by atoms with E-state index in [2.05, 4.69) is 5.10 Å². The summed E-state index contributed by atoms with van der Waals surface area (Å²) in [6.07, 6.45) is -12.3. The maximum Gasteiger partial charge on any atom is 0.430 e. The van der Waals surface area contributed by atoms with Gasteiger partial charge in [0.1, 0.15) is 11.9 Å². The van der Waals surface area contributed by atoms with Gasteiger partial charge in [0.25, 0.3) is 5.60 Å². The zero-order valence-corrected chi connectivity index (χ0v) is 11.8. The number of nitrogens with one attached hydrogen (secondary N) is 2. The van der Waals surface area contributed by atoms with E-state index in [1.54, 1.807) is 0 Å². The molecule has 0 saturated heterocycles. The summed E-state index contributed by atoms with van der Waals surface area (Å²) in [5, 5.41) is 27.8. The van der Waals surface area contributed by atoms with Crippen LogP contribution < -0.4 is 11.2 Å². The molecule has 0 bridgehead atoms. The second kappa shape index (κ2) is 6.55. The number of nitrogens with zero attached hydrogens (tertiary/aromatic N) is 2. The van der Waals surface area contributed by atoms with E-state index in [4.69, 9.17) is 21.5 Å². The second-order valence-electron chi connectivity index (χ2n) is 4.50. The van der Waals surface area contributed by atoms with Gasteiger partial charge in [-0.25, -0.2) is 4.39 Å². The third-order valence-electron chi connectivity index (χ3n) is 2.86. The van der Waals surface area contributed by atoms with Gasteiger partial charge < -0.3 is 10.8 Å². The Bertz CT molecular complexity index is 734. The molecule has 25 heavy (non-hydrogen) atoms. The molecule has 0 amide bonds. The molecule has 0 radical (unpaired) electrons. The van der Waals surface area contributed by atoms with Crippen molar-refractivity contribution in [1.82, 2.24) is 0 Å². The van der Waals surface area contributed by atoms with Crippen LogP contribution in [-0.4, -0.2) is 29.0 Å². The van der Waals surface area contributed by atoms with E-state index >= 15 is 0 Å². The molecule has 0 fully saturated rings. The number of alkyl halides is 6. The van der Waals surface area contributed by atoms with Crippen molar-refractivity contribution in [1.29, 1.82) is 10.7 Å². The van der Waals surface area contributed by atoms with Gasteiger partial charge in [-0.3, -0.25) is 10.8 Å². The molecule has 136 valence electrons. The van der Waals surface area contributed by atoms with Crippen molar-refractivity contribution in [2.24, 2.45) is 10.8 Å². The van der Waals surface area contributed by atoms with Crippen molar-refractivity contribution in [2.45, 2.75) is 18.0 Å². The lowest BCUT2D eigenvalue weighted by Crippen LogP contribution is -2.53. The summed E-state index contributed by atoms with van der Waals surface area (Å²) in [6.45, 7) is 0. The van der Waals surface area contributed by atoms with E-state index in [1.165, 1.54) is 6.07 Å². The van der Waals surface area contributed by atoms with E-state index in [0.717, 1.165) is 0 Å². The molecule has 0 spiro atoms. The van der Waals surface area contributed by atoms with Crippen molar-refractivity contribution in [3.63, 3.8) is 0 Å². The lowest BCUT2D eigenvalue weighted by molar-refractivity contribution is -0.376. The molecule has 1 aromatic rings. The average molecular weight is 371 g/mol. The summed E-state index contributed by atoms with van der Waals surface area (Å²) in [6, 6.07) is 1.78. The number of amidine groups is 1. The fourth-order valence-corrected chi connectivity index (χ4v) is 1.58. The van der Waals surface area contributed by atoms with Gasteiger partial charge in [-0.15, -0.1) is 0 Å². The number of hydrogen-bond acceptors (Lipinski definition) is 5. The maximum atomic E-state index is 13.8. The zero-order valence-electron chi connectivity index (χ0n) is 11.8. The van der Waals surface area contributed by atoms with E-state index in [9.17, 15) is 30.7 Å².